The monoisotopic (exact) mass is 334 g/mol. The van der Waals surface area contributed by atoms with Crippen molar-refractivity contribution in [2.24, 2.45) is 5.41 Å². The average molecular weight is 334 g/mol. The fourth-order valence-electron chi connectivity index (χ4n) is 3.78. The van der Waals surface area contributed by atoms with Crippen LogP contribution in [-0.4, -0.2) is 61.9 Å². The zero-order valence-electron chi connectivity index (χ0n) is 14.3. The molecule has 0 unspecified atom stereocenters. The molecule has 2 aliphatic heterocycles. The van der Waals surface area contributed by atoms with Gasteiger partial charge in [0.05, 0.1) is 19.3 Å². The van der Waals surface area contributed by atoms with Gasteiger partial charge in [-0.3, -0.25) is 9.78 Å². The molecule has 1 aromatic rings. The first kappa shape index (κ1) is 17.3. The zero-order chi connectivity index (χ0) is 16.8. The number of hydrogen-bond donors (Lipinski definition) is 0. The van der Waals surface area contributed by atoms with E-state index in [2.05, 4.69) is 4.98 Å². The molecule has 0 bridgehead atoms. The van der Waals surface area contributed by atoms with Crippen LogP contribution in [0.5, 0.6) is 0 Å². The maximum atomic E-state index is 12.2. The van der Waals surface area contributed by atoms with Crippen LogP contribution in [0.3, 0.4) is 0 Å². The summed E-state index contributed by atoms with van der Waals surface area (Å²) in [6.45, 7) is 3.50. The Morgan fingerprint density at radius 2 is 2.46 bits per heavy atom. The molecule has 0 radical (unpaired) electrons. The van der Waals surface area contributed by atoms with Gasteiger partial charge >= 0.3 is 0 Å². The molecule has 6 heteroatoms. The second kappa shape index (κ2) is 8.05. The van der Waals surface area contributed by atoms with Crippen LogP contribution in [0, 0.1) is 5.41 Å². The van der Waals surface area contributed by atoms with Crippen LogP contribution < -0.4 is 0 Å². The third kappa shape index (κ3) is 3.94. The minimum absolute atomic E-state index is 0.0492. The summed E-state index contributed by atoms with van der Waals surface area (Å²) in [6, 6.07) is 3.92. The van der Waals surface area contributed by atoms with Gasteiger partial charge in [0.15, 0.2) is 0 Å². The van der Waals surface area contributed by atoms with Gasteiger partial charge in [0, 0.05) is 44.6 Å². The van der Waals surface area contributed by atoms with Crippen LogP contribution in [-0.2, 0) is 25.6 Å². The molecule has 6 nitrogen and oxygen atoms in total. The topological polar surface area (TPSA) is 60.9 Å². The summed E-state index contributed by atoms with van der Waals surface area (Å²) in [5, 5.41) is 0. The van der Waals surface area contributed by atoms with Crippen LogP contribution in [0.15, 0.2) is 24.5 Å². The molecule has 1 amide bonds. The summed E-state index contributed by atoms with van der Waals surface area (Å²) in [5.41, 5.74) is 0.951. The van der Waals surface area contributed by atoms with Crippen LogP contribution in [0.4, 0.5) is 0 Å². The normalized spacial score (nSPS) is 26.9. The number of rotatable bonds is 6. The highest BCUT2D eigenvalue weighted by molar-refractivity contribution is 5.77. The number of fused-ring (bicyclic) bond motifs is 1. The van der Waals surface area contributed by atoms with Gasteiger partial charge in [-0.1, -0.05) is 6.07 Å². The molecule has 0 saturated carbocycles. The van der Waals surface area contributed by atoms with E-state index >= 15 is 0 Å². The van der Waals surface area contributed by atoms with Gasteiger partial charge in [0.1, 0.15) is 6.61 Å². The van der Waals surface area contributed by atoms with Crippen LogP contribution in [0.25, 0.3) is 0 Å². The van der Waals surface area contributed by atoms with E-state index in [-0.39, 0.29) is 24.0 Å². The van der Waals surface area contributed by atoms with E-state index in [4.69, 9.17) is 14.2 Å². The van der Waals surface area contributed by atoms with E-state index in [1.54, 1.807) is 13.3 Å². The first-order chi connectivity index (χ1) is 11.7. The highest BCUT2D eigenvalue weighted by atomic mass is 16.5. The van der Waals surface area contributed by atoms with Gasteiger partial charge < -0.3 is 19.1 Å². The van der Waals surface area contributed by atoms with Crippen LogP contribution in [0.2, 0.25) is 0 Å². The minimum atomic E-state index is -0.109. The zero-order valence-corrected chi connectivity index (χ0v) is 14.3. The van der Waals surface area contributed by atoms with E-state index < -0.39 is 0 Å². The summed E-state index contributed by atoms with van der Waals surface area (Å²) < 4.78 is 17.0. The number of ether oxygens (including phenoxy) is 3. The smallest absolute Gasteiger partial charge is 0.248 e. The lowest BCUT2D eigenvalue weighted by Crippen LogP contribution is -2.58. The van der Waals surface area contributed by atoms with E-state index in [0.717, 1.165) is 38.0 Å². The Balaban J connectivity index is 1.64. The number of pyridine rings is 1. The molecule has 132 valence electrons. The number of methoxy groups -OCH3 is 1. The maximum Gasteiger partial charge on any atom is 0.248 e. The van der Waals surface area contributed by atoms with Crippen molar-refractivity contribution in [3.63, 3.8) is 0 Å². The van der Waals surface area contributed by atoms with Gasteiger partial charge in [-0.15, -0.1) is 0 Å². The molecule has 3 rings (SSSR count). The number of carbonyl (C=O) groups excluding carboxylic acids is 1. The summed E-state index contributed by atoms with van der Waals surface area (Å²) in [5.74, 6) is 0.0492. The molecule has 24 heavy (non-hydrogen) atoms. The minimum Gasteiger partial charge on any atom is -0.377 e. The SMILES string of the molecule is COCC(=O)N1CC[C@H]2OCCC[C@]2(COCc2cccnc2)C1. The number of aromatic nitrogens is 1. The van der Waals surface area contributed by atoms with Crippen LogP contribution in [0.1, 0.15) is 24.8 Å². The number of carbonyl (C=O) groups is 1. The summed E-state index contributed by atoms with van der Waals surface area (Å²) in [7, 11) is 1.56. The highest BCUT2D eigenvalue weighted by Crippen LogP contribution is 2.40. The van der Waals surface area contributed by atoms with Crippen molar-refractivity contribution in [1.29, 1.82) is 0 Å². The summed E-state index contributed by atoms with van der Waals surface area (Å²) >= 11 is 0. The Morgan fingerprint density at radius 1 is 1.54 bits per heavy atom. The molecule has 0 N–H and O–H groups in total. The molecule has 2 fully saturated rings. The Bertz CT molecular complexity index is 539. The molecule has 0 aliphatic carbocycles. The number of likely N-dealkylation sites (tertiary alicyclic amines) is 1. The van der Waals surface area contributed by atoms with E-state index in [1.165, 1.54) is 0 Å². The third-order valence-corrected chi connectivity index (χ3v) is 4.99. The van der Waals surface area contributed by atoms with Crippen molar-refractivity contribution >= 4 is 5.91 Å². The van der Waals surface area contributed by atoms with E-state index in [9.17, 15) is 4.79 Å². The van der Waals surface area contributed by atoms with Crippen molar-refractivity contribution in [3.05, 3.63) is 30.1 Å². The quantitative estimate of drug-likeness (QED) is 0.791. The third-order valence-electron chi connectivity index (χ3n) is 4.99. The number of amides is 1. The molecule has 1 aromatic heterocycles. The van der Waals surface area contributed by atoms with Gasteiger partial charge in [-0.05, 0) is 30.9 Å². The Morgan fingerprint density at radius 3 is 3.25 bits per heavy atom. The first-order valence-corrected chi connectivity index (χ1v) is 8.58. The fourth-order valence-corrected chi connectivity index (χ4v) is 3.78. The molecule has 0 aromatic carbocycles. The Hall–Kier alpha value is -1.50. The number of nitrogens with zero attached hydrogens (tertiary/aromatic N) is 2. The molecular formula is C18H26N2O4. The second-order valence-electron chi connectivity index (χ2n) is 6.72. The number of piperidine rings is 1. The lowest BCUT2D eigenvalue weighted by atomic mass is 9.73. The molecule has 2 aliphatic rings. The molecule has 3 heterocycles. The number of hydrogen-bond acceptors (Lipinski definition) is 5. The Kier molecular flexibility index (Phi) is 5.81. The second-order valence-corrected chi connectivity index (χ2v) is 6.72. The summed E-state index contributed by atoms with van der Waals surface area (Å²) in [6.07, 6.45) is 6.66. The average Bonchev–Trinajstić information content (AvgIpc) is 2.62. The van der Waals surface area contributed by atoms with Crippen molar-refractivity contribution in [2.45, 2.75) is 32.0 Å². The van der Waals surface area contributed by atoms with Gasteiger partial charge in [0.25, 0.3) is 0 Å². The van der Waals surface area contributed by atoms with E-state index in [0.29, 0.717) is 19.8 Å². The van der Waals surface area contributed by atoms with Crippen molar-refractivity contribution < 1.29 is 19.0 Å². The van der Waals surface area contributed by atoms with Gasteiger partial charge in [-0.25, -0.2) is 0 Å². The molecule has 2 atom stereocenters. The highest BCUT2D eigenvalue weighted by Gasteiger charge is 2.47. The van der Waals surface area contributed by atoms with Crippen molar-refractivity contribution in [3.8, 4) is 0 Å². The molecular weight excluding hydrogens is 308 g/mol. The predicted octanol–water partition coefficient (Wildman–Crippen LogP) is 1.64. The Labute approximate surface area is 143 Å². The predicted molar refractivity (Wildman–Crippen MR) is 88.4 cm³/mol. The standard InChI is InChI=1S/C18H26N2O4/c1-22-12-17(21)20-8-5-16-18(13-20,6-3-9-24-16)14-23-11-15-4-2-7-19-10-15/h2,4,7,10,16H,3,5-6,8-9,11-14H2,1H3/t16-,18-/m1/s1. The van der Waals surface area contributed by atoms with Gasteiger partial charge in [0.2, 0.25) is 5.91 Å². The van der Waals surface area contributed by atoms with E-state index in [1.807, 2.05) is 23.2 Å². The summed E-state index contributed by atoms with van der Waals surface area (Å²) in [4.78, 5) is 18.2. The lowest BCUT2D eigenvalue weighted by molar-refractivity contribution is -0.167. The largest absolute Gasteiger partial charge is 0.377 e. The lowest BCUT2D eigenvalue weighted by Gasteiger charge is -2.50. The maximum absolute atomic E-state index is 12.2. The first-order valence-electron chi connectivity index (χ1n) is 8.58. The fraction of sp³-hybridized carbons (Fsp3) is 0.667. The van der Waals surface area contributed by atoms with Crippen LogP contribution >= 0.6 is 0 Å². The van der Waals surface area contributed by atoms with Crippen molar-refractivity contribution in [1.82, 2.24) is 9.88 Å². The van der Waals surface area contributed by atoms with Gasteiger partial charge in [-0.2, -0.15) is 0 Å². The molecule has 0 spiro atoms. The van der Waals surface area contributed by atoms with Crippen molar-refractivity contribution in [2.75, 3.05) is 40.0 Å². The molecule has 2 saturated heterocycles.